The van der Waals surface area contributed by atoms with Gasteiger partial charge in [-0.25, -0.2) is 0 Å². The summed E-state index contributed by atoms with van der Waals surface area (Å²) in [5.41, 5.74) is 1.11. The van der Waals surface area contributed by atoms with Crippen LogP contribution in [0.5, 0.6) is 11.5 Å². The molecule has 0 aliphatic carbocycles. The van der Waals surface area contributed by atoms with Gasteiger partial charge in [0.05, 0.1) is 5.57 Å². The van der Waals surface area contributed by atoms with Crippen molar-refractivity contribution < 1.29 is 41.8 Å². The number of rotatable bonds is 4. The average Bonchev–Trinajstić information content (AvgIpc) is 3.47. The molecule has 0 saturated carbocycles. The number of hydrogen-bond acceptors (Lipinski definition) is 6. The Bertz CT molecular complexity index is 1390. The Hall–Kier alpha value is -4.21. The van der Waals surface area contributed by atoms with E-state index >= 15 is 0 Å². The molecule has 0 radical (unpaired) electrons. The summed E-state index contributed by atoms with van der Waals surface area (Å²) in [6.45, 7) is 3.59. The molecule has 2 unspecified atom stereocenters. The lowest BCUT2D eigenvalue weighted by Gasteiger charge is -2.23. The highest BCUT2D eigenvalue weighted by molar-refractivity contribution is 6.51. The van der Waals surface area contributed by atoms with E-state index in [0.29, 0.717) is 23.5 Å². The fourth-order valence-corrected chi connectivity index (χ4v) is 4.50. The van der Waals surface area contributed by atoms with Crippen LogP contribution in [0.3, 0.4) is 0 Å². The quantitative estimate of drug-likeness (QED) is 0.292. The van der Waals surface area contributed by atoms with Crippen molar-refractivity contribution in [1.82, 2.24) is 0 Å². The van der Waals surface area contributed by atoms with Gasteiger partial charge in [-0.05, 0) is 74.0 Å². The maximum Gasteiger partial charge on any atom is 0.573 e. The Morgan fingerprint density at radius 2 is 1.81 bits per heavy atom. The van der Waals surface area contributed by atoms with Crippen LogP contribution in [0.15, 0.2) is 64.6 Å². The number of hydrogen-bond donors (Lipinski definition) is 1. The van der Waals surface area contributed by atoms with Gasteiger partial charge in [0.1, 0.15) is 40.9 Å². The lowest BCUT2D eigenvalue weighted by molar-refractivity contribution is -0.274. The minimum Gasteiger partial charge on any atom is -0.507 e. The number of Topliss-reactive ketones (excluding diaryl/α,β-unsaturated/α-hetero) is 1. The number of ether oxygens (including phenoxy) is 2. The molecular weight excluding hydrogens is 479 g/mol. The van der Waals surface area contributed by atoms with E-state index in [1.54, 1.807) is 37.3 Å². The molecule has 1 fully saturated rings. The van der Waals surface area contributed by atoms with E-state index in [1.807, 2.05) is 6.92 Å². The molecule has 7 nitrogen and oxygen atoms in total. The van der Waals surface area contributed by atoms with Crippen molar-refractivity contribution in [3.63, 3.8) is 0 Å². The number of fused-ring (bicyclic) bond motifs is 1. The Labute approximate surface area is 203 Å². The minimum atomic E-state index is -4.88. The van der Waals surface area contributed by atoms with Gasteiger partial charge in [-0.3, -0.25) is 14.5 Å². The highest BCUT2D eigenvalue weighted by Gasteiger charge is 2.48. The second-order valence-electron chi connectivity index (χ2n) is 8.61. The fourth-order valence-electron chi connectivity index (χ4n) is 4.50. The minimum absolute atomic E-state index is 0.0293. The van der Waals surface area contributed by atoms with Gasteiger partial charge in [-0.2, -0.15) is 0 Å². The molecule has 0 spiro atoms. The number of alkyl halides is 3. The first kappa shape index (κ1) is 23.5. The summed E-state index contributed by atoms with van der Waals surface area (Å²) in [5.74, 6) is -1.39. The number of benzene rings is 2. The highest BCUT2D eigenvalue weighted by atomic mass is 19.4. The molecule has 1 N–H and O–H groups in total. The van der Waals surface area contributed by atoms with E-state index in [4.69, 9.17) is 9.15 Å². The molecule has 186 valence electrons. The number of carbonyl (C=O) groups excluding carboxylic acids is 2. The third-order valence-corrected chi connectivity index (χ3v) is 5.99. The monoisotopic (exact) mass is 499 g/mol. The number of halogens is 3. The van der Waals surface area contributed by atoms with Crippen LogP contribution < -0.4 is 14.4 Å². The van der Waals surface area contributed by atoms with Crippen LogP contribution in [-0.4, -0.2) is 29.3 Å². The largest absolute Gasteiger partial charge is 0.573 e. The number of aliphatic hydroxyl groups excluding tert-OH is 1. The molecule has 1 aromatic heterocycles. The second kappa shape index (κ2) is 8.47. The van der Waals surface area contributed by atoms with Crippen molar-refractivity contribution in [2.24, 2.45) is 0 Å². The van der Waals surface area contributed by atoms with E-state index in [-0.39, 0.29) is 23.1 Å². The number of amides is 1. The molecule has 2 atom stereocenters. The predicted octanol–water partition coefficient (Wildman–Crippen LogP) is 5.44. The van der Waals surface area contributed by atoms with Gasteiger partial charge in [-0.1, -0.05) is 0 Å². The number of anilines is 1. The first-order valence-electron chi connectivity index (χ1n) is 11.0. The molecule has 1 saturated heterocycles. The molecule has 2 aromatic carbocycles. The number of nitrogens with zero attached hydrogens (tertiary/aromatic N) is 1. The summed E-state index contributed by atoms with van der Waals surface area (Å²) in [6, 6.07) is 11.6. The van der Waals surface area contributed by atoms with Gasteiger partial charge < -0.3 is 19.0 Å². The van der Waals surface area contributed by atoms with Gasteiger partial charge >= 0.3 is 6.36 Å². The van der Waals surface area contributed by atoms with Crippen molar-refractivity contribution in [2.75, 3.05) is 4.90 Å². The lowest BCUT2D eigenvalue weighted by atomic mass is 9.97. The summed E-state index contributed by atoms with van der Waals surface area (Å²) < 4.78 is 53.0. The predicted molar refractivity (Wildman–Crippen MR) is 122 cm³/mol. The van der Waals surface area contributed by atoms with Crippen molar-refractivity contribution in [3.05, 3.63) is 82.8 Å². The number of furan rings is 1. The number of aryl methyl sites for hydroxylation is 1. The average molecular weight is 499 g/mol. The third kappa shape index (κ3) is 4.19. The Kier molecular flexibility index (Phi) is 5.54. The van der Waals surface area contributed by atoms with E-state index in [0.717, 1.165) is 22.6 Å². The summed E-state index contributed by atoms with van der Waals surface area (Å²) >= 11 is 0. The topological polar surface area (TPSA) is 89.2 Å². The van der Waals surface area contributed by atoms with Gasteiger partial charge in [0.25, 0.3) is 11.7 Å². The third-order valence-electron chi connectivity index (χ3n) is 5.99. The first-order valence-corrected chi connectivity index (χ1v) is 11.0. The van der Waals surface area contributed by atoms with Crippen LogP contribution >= 0.6 is 0 Å². The number of aliphatic hydroxyl groups is 1. The van der Waals surface area contributed by atoms with Crippen molar-refractivity contribution in [1.29, 1.82) is 0 Å². The van der Waals surface area contributed by atoms with Crippen LogP contribution in [0.25, 0.3) is 5.76 Å². The molecule has 3 heterocycles. The van der Waals surface area contributed by atoms with Gasteiger partial charge in [0, 0.05) is 17.7 Å². The van der Waals surface area contributed by atoms with Gasteiger partial charge in [0.15, 0.2) is 0 Å². The molecule has 10 heteroatoms. The summed E-state index contributed by atoms with van der Waals surface area (Å²) in [5, 5.41) is 11.2. The zero-order valence-corrected chi connectivity index (χ0v) is 19.1. The Balaban J connectivity index is 1.60. The van der Waals surface area contributed by atoms with Crippen LogP contribution in [0, 0.1) is 6.92 Å². The Morgan fingerprint density at radius 1 is 1.08 bits per heavy atom. The van der Waals surface area contributed by atoms with E-state index < -0.39 is 35.6 Å². The molecule has 2 aliphatic heterocycles. The van der Waals surface area contributed by atoms with Crippen molar-refractivity contribution in [2.45, 2.75) is 38.8 Å². The zero-order chi connectivity index (χ0) is 25.8. The zero-order valence-electron chi connectivity index (χ0n) is 19.1. The maximum atomic E-state index is 13.2. The Morgan fingerprint density at radius 3 is 2.44 bits per heavy atom. The van der Waals surface area contributed by atoms with E-state index in [1.165, 1.54) is 12.1 Å². The van der Waals surface area contributed by atoms with Crippen LogP contribution in [0.4, 0.5) is 18.9 Å². The fraction of sp³-hybridized carbons (Fsp3) is 0.231. The summed E-state index contributed by atoms with van der Waals surface area (Å²) in [7, 11) is 0. The highest BCUT2D eigenvalue weighted by Crippen LogP contribution is 2.43. The normalized spacial score (nSPS) is 21.0. The van der Waals surface area contributed by atoms with Crippen LogP contribution in [-0.2, 0) is 16.0 Å². The SMILES string of the molecule is Cc1ccc(C2/C(=C(/O)c3ccc4c(c3)CC(C)O4)C(=O)C(=O)N2c2ccc(OC(F)(F)F)cc2)o1. The summed E-state index contributed by atoms with van der Waals surface area (Å²) in [4.78, 5) is 27.4. The summed E-state index contributed by atoms with van der Waals surface area (Å²) in [6.07, 6.45) is -4.29. The second-order valence-corrected chi connectivity index (χ2v) is 8.61. The lowest BCUT2D eigenvalue weighted by Crippen LogP contribution is -2.29. The smallest absolute Gasteiger partial charge is 0.507 e. The van der Waals surface area contributed by atoms with E-state index in [9.17, 15) is 27.9 Å². The molecule has 1 amide bonds. The molecule has 0 bridgehead atoms. The number of carbonyl (C=O) groups is 2. The molecule has 2 aliphatic rings. The standard InChI is InChI=1S/C26H20F3NO6/c1-13-3-9-20(34-13)22-21(23(31)15-4-10-19-16(12-15)11-14(2)35-19)24(32)25(33)30(22)17-5-7-18(8-6-17)36-26(27,28)29/h3-10,12,14,22,31H,11H2,1-2H3/b23-21-. The van der Waals surface area contributed by atoms with Gasteiger partial charge in [0.2, 0.25) is 0 Å². The van der Waals surface area contributed by atoms with Crippen molar-refractivity contribution >= 4 is 23.1 Å². The van der Waals surface area contributed by atoms with E-state index in [2.05, 4.69) is 4.74 Å². The van der Waals surface area contributed by atoms with Crippen LogP contribution in [0.1, 0.15) is 35.6 Å². The van der Waals surface area contributed by atoms with Gasteiger partial charge in [-0.15, -0.1) is 13.2 Å². The van der Waals surface area contributed by atoms with Crippen LogP contribution in [0.2, 0.25) is 0 Å². The molecular formula is C26H20F3NO6. The van der Waals surface area contributed by atoms with Crippen molar-refractivity contribution in [3.8, 4) is 11.5 Å². The first-order chi connectivity index (χ1) is 17.0. The molecule has 3 aromatic rings. The molecule has 5 rings (SSSR count). The maximum absolute atomic E-state index is 13.2. The number of ketones is 1. The molecule has 36 heavy (non-hydrogen) atoms.